The fourth-order valence-electron chi connectivity index (χ4n) is 1.57. The average Bonchev–Trinajstić information content (AvgIpc) is 2.28. The predicted molar refractivity (Wildman–Crippen MR) is 73.7 cm³/mol. The summed E-state index contributed by atoms with van der Waals surface area (Å²) in [5.41, 5.74) is 1.83. The molecule has 0 unspecified atom stereocenters. The minimum atomic E-state index is -0.246. The van der Waals surface area contributed by atoms with Gasteiger partial charge in [0.15, 0.2) is 0 Å². The van der Waals surface area contributed by atoms with Crippen LogP contribution >= 0.6 is 31.9 Å². The highest BCUT2D eigenvalue weighted by Crippen LogP contribution is 2.30. The van der Waals surface area contributed by atoms with Gasteiger partial charge in [0, 0.05) is 20.9 Å². The largest absolute Gasteiger partial charge is 0.496 e. The topological polar surface area (TPSA) is 35.5 Å². The van der Waals surface area contributed by atoms with Crippen LogP contribution in [0.2, 0.25) is 0 Å². The fraction of sp³-hybridized carbons (Fsp3) is 0.417. The first-order valence-corrected chi connectivity index (χ1v) is 7.10. The van der Waals surface area contributed by atoms with Crippen molar-refractivity contribution in [2.45, 2.75) is 18.7 Å². The summed E-state index contributed by atoms with van der Waals surface area (Å²) in [6.45, 7) is 2.18. The second-order valence-corrected chi connectivity index (χ2v) is 4.85. The van der Waals surface area contributed by atoms with E-state index in [-0.39, 0.29) is 12.4 Å². The average molecular weight is 366 g/mol. The van der Waals surface area contributed by atoms with Crippen molar-refractivity contribution in [3.05, 3.63) is 27.7 Å². The molecule has 1 aromatic carbocycles. The lowest BCUT2D eigenvalue weighted by Crippen LogP contribution is -2.09. The van der Waals surface area contributed by atoms with E-state index in [0.717, 1.165) is 21.3 Å². The van der Waals surface area contributed by atoms with Crippen molar-refractivity contribution >= 4 is 37.8 Å². The Morgan fingerprint density at radius 3 is 2.53 bits per heavy atom. The van der Waals surface area contributed by atoms with E-state index >= 15 is 0 Å². The monoisotopic (exact) mass is 364 g/mol. The molecule has 0 aromatic heterocycles. The normalized spacial score (nSPS) is 10.1. The van der Waals surface area contributed by atoms with E-state index < -0.39 is 0 Å². The van der Waals surface area contributed by atoms with Crippen molar-refractivity contribution in [2.24, 2.45) is 0 Å². The van der Waals surface area contributed by atoms with Crippen molar-refractivity contribution in [3.8, 4) is 5.75 Å². The van der Waals surface area contributed by atoms with Gasteiger partial charge in [-0.2, -0.15) is 0 Å². The van der Waals surface area contributed by atoms with E-state index in [1.165, 1.54) is 0 Å². The van der Waals surface area contributed by atoms with Gasteiger partial charge in [-0.05, 0) is 19.1 Å². The quantitative estimate of drug-likeness (QED) is 0.592. The number of carbonyl (C=O) groups is 1. The summed E-state index contributed by atoms with van der Waals surface area (Å²) in [6.07, 6.45) is 0.219. The Morgan fingerprint density at radius 1 is 1.35 bits per heavy atom. The van der Waals surface area contributed by atoms with Gasteiger partial charge in [-0.25, -0.2) is 0 Å². The third kappa shape index (κ3) is 4.00. The third-order valence-electron chi connectivity index (χ3n) is 2.20. The van der Waals surface area contributed by atoms with E-state index in [1.807, 2.05) is 12.1 Å². The van der Waals surface area contributed by atoms with Crippen LogP contribution in [-0.2, 0) is 21.3 Å². The number of alkyl halides is 1. The lowest BCUT2D eigenvalue weighted by Gasteiger charge is -2.12. The van der Waals surface area contributed by atoms with Crippen LogP contribution in [0.4, 0.5) is 0 Å². The van der Waals surface area contributed by atoms with Gasteiger partial charge >= 0.3 is 5.97 Å². The fourth-order valence-corrected chi connectivity index (χ4v) is 2.54. The minimum Gasteiger partial charge on any atom is -0.496 e. The molecule has 0 aliphatic rings. The first kappa shape index (κ1) is 14.5. The van der Waals surface area contributed by atoms with Crippen LogP contribution in [-0.4, -0.2) is 19.7 Å². The predicted octanol–water partition coefficient (Wildman–Crippen LogP) is 3.46. The molecular formula is C12H14Br2O3. The van der Waals surface area contributed by atoms with Crippen molar-refractivity contribution < 1.29 is 14.3 Å². The van der Waals surface area contributed by atoms with Gasteiger partial charge in [0.1, 0.15) is 5.75 Å². The maximum absolute atomic E-state index is 11.5. The Hall–Kier alpha value is -0.550. The van der Waals surface area contributed by atoms with Gasteiger partial charge in [-0.1, -0.05) is 31.9 Å². The summed E-state index contributed by atoms with van der Waals surface area (Å²) < 4.78 is 11.2. The first-order chi connectivity index (χ1) is 8.12. The number of esters is 1. The van der Waals surface area contributed by atoms with Crippen molar-refractivity contribution in [1.82, 2.24) is 0 Å². The Morgan fingerprint density at radius 2 is 2.00 bits per heavy atom. The van der Waals surface area contributed by atoms with E-state index in [1.54, 1.807) is 14.0 Å². The molecule has 0 bridgehead atoms. The Labute approximate surface area is 118 Å². The zero-order valence-electron chi connectivity index (χ0n) is 9.76. The maximum atomic E-state index is 11.5. The van der Waals surface area contributed by atoms with Gasteiger partial charge in [-0.15, -0.1) is 0 Å². The summed E-state index contributed by atoms with van der Waals surface area (Å²) in [6, 6.07) is 3.84. The molecule has 5 heteroatoms. The highest BCUT2D eigenvalue weighted by molar-refractivity contribution is 9.10. The summed E-state index contributed by atoms with van der Waals surface area (Å²) in [7, 11) is 1.60. The molecule has 0 saturated carbocycles. The lowest BCUT2D eigenvalue weighted by atomic mass is 10.1. The Bertz CT molecular complexity index is 405. The number of benzene rings is 1. The molecule has 0 spiro atoms. The molecule has 0 aliphatic heterocycles. The number of hydrogen-bond donors (Lipinski definition) is 0. The van der Waals surface area contributed by atoms with Crippen LogP contribution in [0.5, 0.6) is 5.75 Å². The van der Waals surface area contributed by atoms with E-state index in [4.69, 9.17) is 9.47 Å². The summed E-state index contributed by atoms with van der Waals surface area (Å²) >= 11 is 6.81. The molecule has 0 heterocycles. The molecule has 0 fully saturated rings. The van der Waals surface area contributed by atoms with Gasteiger partial charge in [0.25, 0.3) is 0 Å². The molecule has 1 aromatic rings. The van der Waals surface area contributed by atoms with Crippen LogP contribution in [0.15, 0.2) is 16.6 Å². The number of halogens is 2. The molecule has 0 saturated heterocycles. The molecule has 0 atom stereocenters. The molecular weight excluding hydrogens is 352 g/mol. The zero-order valence-corrected chi connectivity index (χ0v) is 12.9. The standard InChI is InChI=1S/C12H14Br2O3/c1-3-17-11(15)6-8-4-10(14)5-9(7-13)12(8)16-2/h4-5H,3,6-7H2,1-2H3. The van der Waals surface area contributed by atoms with Crippen LogP contribution < -0.4 is 4.74 Å². The third-order valence-corrected chi connectivity index (χ3v) is 3.26. The van der Waals surface area contributed by atoms with Crippen LogP contribution in [0.25, 0.3) is 0 Å². The smallest absolute Gasteiger partial charge is 0.310 e. The summed E-state index contributed by atoms with van der Waals surface area (Å²) in [5.74, 6) is 0.488. The first-order valence-electron chi connectivity index (χ1n) is 5.19. The number of ether oxygens (including phenoxy) is 2. The number of hydrogen-bond acceptors (Lipinski definition) is 3. The lowest BCUT2D eigenvalue weighted by molar-refractivity contribution is -0.142. The molecule has 0 amide bonds. The highest BCUT2D eigenvalue weighted by atomic mass is 79.9. The van der Waals surface area contributed by atoms with Gasteiger partial charge in [0.05, 0.1) is 20.1 Å². The molecule has 1 rings (SSSR count). The Kier molecular flexibility index (Phi) is 5.98. The molecule has 0 N–H and O–H groups in total. The molecule has 0 aliphatic carbocycles. The molecule has 3 nitrogen and oxygen atoms in total. The second-order valence-electron chi connectivity index (χ2n) is 3.37. The van der Waals surface area contributed by atoms with E-state index in [9.17, 15) is 4.79 Å². The van der Waals surface area contributed by atoms with Gasteiger partial charge in [0.2, 0.25) is 0 Å². The van der Waals surface area contributed by atoms with Crippen LogP contribution in [0, 0.1) is 0 Å². The SMILES string of the molecule is CCOC(=O)Cc1cc(Br)cc(CBr)c1OC. The van der Waals surface area contributed by atoms with E-state index in [2.05, 4.69) is 31.9 Å². The highest BCUT2D eigenvalue weighted by Gasteiger charge is 2.14. The van der Waals surface area contributed by atoms with Crippen LogP contribution in [0.1, 0.15) is 18.1 Å². The Balaban J connectivity index is 3.04. The maximum Gasteiger partial charge on any atom is 0.310 e. The zero-order chi connectivity index (χ0) is 12.8. The number of methoxy groups -OCH3 is 1. The summed E-state index contributed by atoms with van der Waals surface area (Å²) in [4.78, 5) is 11.5. The molecule has 0 radical (unpaired) electrons. The van der Waals surface area contributed by atoms with Crippen molar-refractivity contribution in [3.63, 3.8) is 0 Å². The van der Waals surface area contributed by atoms with Gasteiger partial charge < -0.3 is 9.47 Å². The molecule has 94 valence electrons. The summed E-state index contributed by atoms with van der Waals surface area (Å²) in [5, 5.41) is 0.672. The van der Waals surface area contributed by atoms with Gasteiger partial charge in [-0.3, -0.25) is 4.79 Å². The minimum absolute atomic E-state index is 0.219. The van der Waals surface area contributed by atoms with Crippen LogP contribution in [0.3, 0.4) is 0 Å². The molecule has 17 heavy (non-hydrogen) atoms. The second kappa shape index (κ2) is 7.01. The van der Waals surface area contributed by atoms with E-state index in [0.29, 0.717) is 11.9 Å². The van der Waals surface area contributed by atoms with Crippen molar-refractivity contribution in [2.75, 3.05) is 13.7 Å². The van der Waals surface area contributed by atoms with Crippen molar-refractivity contribution in [1.29, 1.82) is 0 Å². The number of rotatable bonds is 5. The number of carbonyl (C=O) groups excluding carboxylic acids is 1.